The number of H-pyrrole nitrogens is 1. The van der Waals surface area contributed by atoms with Crippen molar-refractivity contribution in [2.24, 2.45) is 0 Å². The largest absolute Gasteiger partial charge is 0.462 e. The molecule has 0 saturated carbocycles. The molecule has 0 bridgehead atoms. The third-order valence-electron chi connectivity index (χ3n) is 5.86. The standard InChI is InChI=1S/C23H29ClN6O3S/c1-4-14-19(24)29-20(26-14)21(31)27-15-10-11-30(12-17(15)25-5-2)23-28-16-9-7-8-13(18(16)34-23)22(32)33-6-3/h7-9,15,17,25H,4-6,10-12H2,1-3H3,(H,26,29)(H,27,31)/t15-,17-/m0/s1. The predicted octanol–water partition coefficient (Wildman–Crippen LogP) is 3.40. The number of piperidine rings is 1. The fraction of sp³-hybridized carbons (Fsp3) is 0.478. The van der Waals surface area contributed by atoms with E-state index in [9.17, 15) is 9.59 Å². The fourth-order valence-electron chi connectivity index (χ4n) is 4.18. The minimum atomic E-state index is -0.334. The number of anilines is 1. The molecule has 2 aromatic heterocycles. The van der Waals surface area contributed by atoms with Crippen LogP contribution in [0.15, 0.2) is 18.2 Å². The topological polar surface area (TPSA) is 112 Å². The van der Waals surface area contributed by atoms with Gasteiger partial charge in [0.2, 0.25) is 0 Å². The summed E-state index contributed by atoms with van der Waals surface area (Å²) >= 11 is 7.60. The van der Waals surface area contributed by atoms with E-state index in [4.69, 9.17) is 21.3 Å². The van der Waals surface area contributed by atoms with Crippen LogP contribution in [-0.2, 0) is 11.2 Å². The highest BCUT2D eigenvalue weighted by Crippen LogP contribution is 2.33. The number of ether oxygens (including phenoxy) is 1. The lowest BCUT2D eigenvalue weighted by Crippen LogP contribution is -2.59. The van der Waals surface area contributed by atoms with Crippen molar-refractivity contribution < 1.29 is 14.3 Å². The zero-order chi connectivity index (χ0) is 24.2. The smallest absolute Gasteiger partial charge is 0.339 e. The Hall–Kier alpha value is -2.69. The summed E-state index contributed by atoms with van der Waals surface area (Å²) in [7, 11) is 0. The number of aromatic amines is 1. The first-order valence-corrected chi connectivity index (χ1v) is 12.7. The molecule has 11 heteroatoms. The van der Waals surface area contributed by atoms with Crippen LogP contribution in [-0.4, -0.2) is 65.2 Å². The van der Waals surface area contributed by atoms with Crippen LogP contribution in [0.1, 0.15) is 53.9 Å². The summed E-state index contributed by atoms with van der Waals surface area (Å²) in [6.07, 6.45) is 1.41. The van der Waals surface area contributed by atoms with Gasteiger partial charge in [-0.15, -0.1) is 0 Å². The van der Waals surface area contributed by atoms with Crippen LogP contribution in [0.3, 0.4) is 0 Å². The summed E-state index contributed by atoms with van der Waals surface area (Å²) in [4.78, 5) is 39.3. The summed E-state index contributed by atoms with van der Waals surface area (Å²) in [6.45, 7) is 8.28. The Morgan fingerprint density at radius 1 is 1.26 bits per heavy atom. The van der Waals surface area contributed by atoms with Gasteiger partial charge in [-0.3, -0.25) is 4.79 Å². The number of fused-ring (bicyclic) bond motifs is 1. The van der Waals surface area contributed by atoms with Crippen LogP contribution in [0, 0.1) is 0 Å². The molecular formula is C23H29ClN6O3S. The number of aryl methyl sites for hydroxylation is 1. The van der Waals surface area contributed by atoms with E-state index in [0.717, 1.165) is 40.6 Å². The van der Waals surface area contributed by atoms with Gasteiger partial charge in [0, 0.05) is 25.2 Å². The molecule has 1 fully saturated rings. The van der Waals surface area contributed by atoms with E-state index in [2.05, 4.69) is 25.5 Å². The summed E-state index contributed by atoms with van der Waals surface area (Å²) in [5.74, 6) is -0.362. The van der Waals surface area contributed by atoms with Crippen LogP contribution >= 0.6 is 22.9 Å². The third-order valence-corrected chi connectivity index (χ3v) is 7.34. The first kappa shape index (κ1) is 24.4. The molecule has 1 saturated heterocycles. The lowest BCUT2D eigenvalue weighted by molar-refractivity contribution is 0.0528. The lowest BCUT2D eigenvalue weighted by Gasteiger charge is -2.39. The summed E-state index contributed by atoms with van der Waals surface area (Å²) in [5, 5.41) is 7.79. The Kier molecular flexibility index (Phi) is 7.70. The first-order chi connectivity index (χ1) is 16.4. The zero-order valence-corrected chi connectivity index (χ0v) is 21.1. The van der Waals surface area contributed by atoms with Crippen molar-refractivity contribution in [2.75, 3.05) is 31.1 Å². The van der Waals surface area contributed by atoms with Crippen LogP contribution in [0.2, 0.25) is 5.15 Å². The molecule has 0 unspecified atom stereocenters. The number of hydrogen-bond donors (Lipinski definition) is 3. The molecule has 0 spiro atoms. The predicted molar refractivity (Wildman–Crippen MR) is 134 cm³/mol. The van der Waals surface area contributed by atoms with Gasteiger partial charge in [0.1, 0.15) is 0 Å². The number of esters is 1. The number of benzene rings is 1. The second kappa shape index (κ2) is 10.7. The quantitative estimate of drug-likeness (QED) is 0.403. The van der Waals surface area contributed by atoms with Crippen molar-refractivity contribution in [3.8, 4) is 0 Å². The van der Waals surface area contributed by atoms with Crippen molar-refractivity contribution in [1.29, 1.82) is 0 Å². The third kappa shape index (κ3) is 5.03. The van der Waals surface area contributed by atoms with Crippen LogP contribution in [0.5, 0.6) is 0 Å². The first-order valence-electron chi connectivity index (χ1n) is 11.5. The molecule has 0 aliphatic carbocycles. The van der Waals surface area contributed by atoms with Gasteiger partial charge >= 0.3 is 5.97 Å². The molecule has 3 heterocycles. The molecule has 1 aromatic carbocycles. The van der Waals surface area contributed by atoms with Gasteiger partial charge in [-0.2, -0.15) is 0 Å². The van der Waals surface area contributed by atoms with E-state index in [1.807, 2.05) is 26.0 Å². The zero-order valence-electron chi connectivity index (χ0n) is 19.5. The Morgan fingerprint density at radius 3 is 2.79 bits per heavy atom. The van der Waals surface area contributed by atoms with E-state index in [1.54, 1.807) is 13.0 Å². The highest BCUT2D eigenvalue weighted by Gasteiger charge is 2.32. The van der Waals surface area contributed by atoms with Crippen molar-refractivity contribution in [2.45, 2.75) is 45.7 Å². The van der Waals surface area contributed by atoms with E-state index in [1.165, 1.54) is 11.3 Å². The Morgan fingerprint density at radius 2 is 2.09 bits per heavy atom. The number of likely N-dealkylation sites (N-methyl/N-ethyl adjacent to an activating group) is 1. The van der Waals surface area contributed by atoms with Gasteiger partial charge < -0.3 is 25.3 Å². The molecule has 2 atom stereocenters. The van der Waals surface area contributed by atoms with Crippen LogP contribution in [0.25, 0.3) is 10.2 Å². The van der Waals surface area contributed by atoms with Gasteiger partial charge in [0.25, 0.3) is 5.91 Å². The lowest BCUT2D eigenvalue weighted by atomic mass is 9.99. The number of halogens is 1. The van der Waals surface area contributed by atoms with E-state index in [0.29, 0.717) is 30.3 Å². The molecule has 34 heavy (non-hydrogen) atoms. The summed E-state index contributed by atoms with van der Waals surface area (Å²) in [5.41, 5.74) is 2.07. The monoisotopic (exact) mass is 504 g/mol. The SMILES string of the molecule is CCN[C@H]1CN(c2nc3cccc(C(=O)OCC)c3s2)CC[C@@H]1NC(=O)c1nc(Cl)c(CC)[nH]1. The Bertz CT molecular complexity index is 1180. The number of nitrogens with zero attached hydrogens (tertiary/aromatic N) is 3. The van der Waals surface area contributed by atoms with Gasteiger partial charge in [-0.25, -0.2) is 14.8 Å². The fourth-order valence-corrected chi connectivity index (χ4v) is 5.54. The number of amides is 1. The van der Waals surface area contributed by atoms with E-state index < -0.39 is 0 Å². The van der Waals surface area contributed by atoms with Gasteiger partial charge in [-0.05, 0) is 38.4 Å². The average molecular weight is 505 g/mol. The average Bonchev–Trinajstić information content (AvgIpc) is 3.43. The van der Waals surface area contributed by atoms with Gasteiger partial charge in [0.05, 0.1) is 28.1 Å². The van der Waals surface area contributed by atoms with Crippen molar-refractivity contribution in [1.82, 2.24) is 25.6 Å². The number of carbonyl (C=O) groups excluding carboxylic acids is 2. The second-order valence-corrected chi connectivity index (χ2v) is 9.39. The maximum Gasteiger partial charge on any atom is 0.339 e. The van der Waals surface area contributed by atoms with Crippen molar-refractivity contribution >= 4 is 50.2 Å². The van der Waals surface area contributed by atoms with E-state index >= 15 is 0 Å². The summed E-state index contributed by atoms with van der Waals surface area (Å²) in [6, 6.07) is 5.46. The highest BCUT2D eigenvalue weighted by atomic mass is 35.5. The maximum absolute atomic E-state index is 12.8. The highest BCUT2D eigenvalue weighted by molar-refractivity contribution is 7.22. The summed E-state index contributed by atoms with van der Waals surface area (Å²) < 4.78 is 6.03. The molecule has 4 rings (SSSR count). The van der Waals surface area contributed by atoms with Crippen molar-refractivity contribution in [3.63, 3.8) is 0 Å². The van der Waals surface area contributed by atoms with Crippen LogP contribution in [0.4, 0.5) is 5.13 Å². The number of imidazole rings is 1. The second-order valence-electron chi connectivity index (χ2n) is 8.06. The molecule has 3 N–H and O–H groups in total. The number of thiazole rings is 1. The molecule has 3 aromatic rings. The Labute approximate surface area is 207 Å². The van der Waals surface area contributed by atoms with Crippen molar-refractivity contribution in [3.05, 3.63) is 40.4 Å². The molecule has 9 nitrogen and oxygen atoms in total. The molecule has 1 aliphatic heterocycles. The number of hydrogen-bond acceptors (Lipinski definition) is 8. The van der Waals surface area contributed by atoms with E-state index in [-0.39, 0.29) is 29.8 Å². The molecular weight excluding hydrogens is 476 g/mol. The Balaban J connectivity index is 1.50. The molecule has 1 amide bonds. The number of rotatable bonds is 8. The molecule has 1 aliphatic rings. The van der Waals surface area contributed by atoms with Gasteiger partial charge in [-0.1, -0.05) is 42.9 Å². The number of carbonyl (C=O) groups is 2. The minimum Gasteiger partial charge on any atom is -0.462 e. The van der Waals surface area contributed by atoms with Crippen LogP contribution < -0.4 is 15.5 Å². The van der Waals surface area contributed by atoms with Gasteiger partial charge in [0.15, 0.2) is 16.1 Å². The normalized spacial score (nSPS) is 18.3. The maximum atomic E-state index is 12.8. The molecule has 182 valence electrons. The number of aromatic nitrogens is 3. The molecule has 0 radical (unpaired) electrons. The minimum absolute atomic E-state index is 0.0234. The number of nitrogens with one attached hydrogen (secondary N) is 3.